The Bertz CT molecular complexity index is 940. The first-order valence-electron chi connectivity index (χ1n) is 7.24. The van der Waals surface area contributed by atoms with Crippen molar-refractivity contribution in [1.82, 2.24) is 0 Å². The zero-order chi connectivity index (χ0) is 18.1. The number of amides is 1. The van der Waals surface area contributed by atoms with E-state index in [-0.39, 0.29) is 11.5 Å². The van der Waals surface area contributed by atoms with E-state index in [1.54, 1.807) is 43.3 Å². The number of nitrogens with zero attached hydrogens (tertiary/aromatic N) is 1. The normalized spacial score (nSPS) is 15.9. The smallest absolute Gasteiger partial charge is 0.336 e. The van der Waals surface area contributed by atoms with Crippen LogP contribution in [0.2, 0.25) is 5.02 Å². The van der Waals surface area contributed by atoms with E-state index in [0.29, 0.717) is 25.5 Å². The molecule has 1 N–H and O–H groups in total. The Morgan fingerprint density at radius 1 is 1.28 bits per heavy atom. The summed E-state index contributed by atoms with van der Waals surface area (Å²) in [7, 11) is 0. The van der Waals surface area contributed by atoms with Crippen LogP contribution < -0.4 is 4.90 Å². The van der Waals surface area contributed by atoms with Crippen molar-refractivity contribution in [3.63, 3.8) is 0 Å². The fourth-order valence-electron chi connectivity index (χ4n) is 2.42. The number of aryl methyl sites for hydroxylation is 1. The predicted octanol–water partition coefficient (Wildman–Crippen LogP) is 4.75. The van der Waals surface area contributed by atoms with Crippen LogP contribution in [-0.2, 0) is 4.79 Å². The lowest BCUT2D eigenvalue weighted by Crippen LogP contribution is -2.27. The fraction of sp³-hybridized carbons (Fsp3) is 0.0556. The first-order valence-corrected chi connectivity index (χ1v) is 8.84. The standard InChI is InChI=1S/C18H12ClNO3S2/c1-10-5-6-13(9-14(10)17(22)23)20-16(21)15(25-18(20)24)8-11-3-2-4-12(19)7-11/h2-9H,1H3,(H,22,23). The van der Waals surface area contributed by atoms with Crippen molar-refractivity contribution in [3.8, 4) is 0 Å². The minimum Gasteiger partial charge on any atom is -0.478 e. The topological polar surface area (TPSA) is 57.6 Å². The number of rotatable bonds is 3. The number of hydrogen-bond acceptors (Lipinski definition) is 4. The van der Waals surface area contributed by atoms with Crippen molar-refractivity contribution >= 4 is 63.5 Å². The number of carboxylic acid groups (broad SMARTS) is 1. The van der Waals surface area contributed by atoms with Crippen LogP contribution in [0, 0.1) is 6.92 Å². The SMILES string of the molecule is Cc1ccc(N2C(=O)C(=Cc3cccc(Cl)c3)SC2=S)cc1C(=O)O. The molecule has 1 heterocycles. The Kier molecular flexibility index (Phi) is 4.94. The molecule has 0 spiro atoms. The van der Waals surface area contributed by atoms with Crippen molar-refractivity contribution in [1.29, 1.82) is 0 Å². The molecule has 0 aromatic heterocycles. The van der Waals surface area contributed by atoms with Crippen molar-refractivity contribution in [2.75, 3.05) is 4.90 Å². The summed E-state index contributed by atoms with van der Waals surface area (Å²) < 4.78 is 0.360. The highest BCUT2D eigenvalue weighted by molar-refractivity contribution is 8.27. The minimum absolute atomic E-state index is 0.144. The summed E-state index contributed by atoms with van der Waals surface area (Å²) in [5, 5.41) is 9.85. The average molecular weight is 390 g/mol. The molecule has 4 nitrogen and oxygen atoms in total. The quantitative estimate of drug-likeness (QED) is 0.606. The number of benzene rings is 2. The minimum atomic E-state index is -1.04. The van der Waals surface area contributed by atoms with E-state index in [1.807, 2.05) is 6.07 Å². The summed E-state index contributed by atoms with van der Waals surface area (Å²) in [6.45, 7) is 1.70. The third kappa shape index (κ3) is 3.61. The number of carboxylic acids is 1. The number of carbonyl (C=O) groups is 2. The second-order valence-electron chi connectivity index (χ2n) is 5.38. The molecule has 0 bridgehead atoms. The molecule has 7 heteroatoms. The lowest BCUT2D eigenvalue weighted by Gasteiger charge is -2.15. The van der Waals surface area contributed by atoms with Gasteiger partial charge in [-0.05, 0) is 48.4 Å². The molecule has 3 rings (SSSR count). The van der Waals surface area contributed by atoms with Crippen LogP contribution in [0.25, 0.3) is 6.08 Å². The summed E-state index contributed by atoms with van der Waals surface area (Å²) in [6.07, 6.45) is 1.72. The molecule has 1 aliphatic rings. The zero-order valence-corrected chi connectivity index (χ0v) is 15.4. The molecule has 1 saturated heterocycles. The molecule has 0 radical (unpaired) electrons. The van der Waals surface area contributed by atoms with Gasteiger partial charge >= 0.3 is 5.97 Å². The van der Waals surface area contributed by atoms with Crippen LogP contribution in [-0.4, -0.2) is 21.3 Å². The summed E-state index contributed by atoms with van der Waals surface area (Å²) in [4.78, 5) is 25.9. The molecular formula is C18H12ClNO3S2. The highest BCUT2D eigenvalue weighted by atomic mass is 35.5. The number of halogens is 1. The Hall–Kier alpha value is -2.15. The molecule has 0 aliphatic carbocycles. The third-order valence-electron chi connectivity index (χ3n) is 3.65. The van der Waals surface area contributed by atoms with E-state index in [9.17, 15) is 14.7 Å². The number of thioether (sulfide) groups is 1. The van der Waals surface area contributed by atoms with Crippen molar-refractivity contribution in [2.24, 2.45) is 0 Å². The number of aromatic carboxylic acids is 1. The van der Waals surface area contributed by atoms with Gasteiger partial charge in [0.2, 0.25) is 0 Å². The van der Waals surface area contributed by atoms with Gasteiger partial charge in [0.1, 0.15) is 0 Å². The predicted molar refractivity (Wildman–Crippen MR) is 105 cm³/mol. The molecule has 1 fully saturated rings. The molecule has 1 aliphatic heterocycles. The molecule has 0 unspecified atom stereocenters. The van der Waals surface area contributed by atoms with E-state index < -0.39 is 5.97 Å². The van der Waals surface area contributed by atoms with Gasteiger partial charge < -0.3 is 5.11 Å². The Morgan fingerprint density at radius 3 is 2.72 bits per heavy atom. The summed E-state index contributed by atoms with van der Waals surface area (Å²) in [5.74, 6) is -1.32. The molecule has 2 aromatic rings. The molecule has 2 aromatic carbocycles. The molecule has 126 valence electrons. The Labute approximate surface area is 159 Å². The van der Waals surface area contributed by atoms with Crippen LogP contribution in [0.4, 0.5) is 5.69 Å². The molecule has 0 saturated carbocycles. The first kappa shape index (κ1) is 17.7. The van der Waals surface area contributed by atoms with Gasteiger partial charge in [0.05, 0.1) is 16.2 Å². The lowest BCUT2D eigenvalue weighted by molar-refractivity contribution is -0.113. The summed E-state index contributed by atoms with van der Waals surface area (Å²) in [5.41, 5.74) is 2.00. The van der Waals surface area contributed by atoms with E-state index in [0.717, 1.165) is 5.56 Å². The van der Waals surface area contributed by atoms with Gasteiger partial charge in [0.25, 0.3) is 5.91 Å². The van der Waals surface area contributed by atoms with E-state index >= 15 is 0 Å². The van der Waals surface area contributed by atoms with Gasteiger partial charge in [-0.15, -0.1) is 0 Å². The maximum Gasteiger partial charge on any atom is 0.336 e. The van der Waals surface area contributed by atoms with Crippen LogP contribution >= 0.6 is 35.6 Å². The van der Waals surface area contributed by atoms with Gasteiger partial charge in [-0.3, -0.25) is 9.69 Å². The Morgan fingerprint density at radius 2 is 2.04 bits per heavy atom. The van der Waals surface area contributed by atoms with Gasteiger partial charge in [-0.25, -0.2) is 4.79 Å². The largest absolute Gasteiger partial charge is 0.478 e. The maximum absolute atomic E-state index is 12.7. The van der Waals surface area contributed by atoms with E-state index in [2.05, 4.69) is 0 Å². The molecule has 25 heavy (non-hydrogen) atoms. The van der Waals surface area contributed by atoms with Crippen LogP contribution in [0.5, 0.6) is 0 Å². The Balaban J connectivity index is 1.97. The van der Waals surface area contributed by atoms with Crippen molar-refractivity contribution in [2.45, 2.75) is 6.92 Å². The number of thiocarbonyl (C=S) groups is 1. The third-order valence-corrected chi connectivity index (χ3v) is 5.19. The van der Waals surface area contributed by atoms with Crippen LogP contribution in [0.1, 0.15) is 21.5 Å². The number of carbonyl (C=O) groups excluding carboxylic acids is 1. The highest BCUT2D eigenvalue weighted by Crippen LogP contribution is 2.36. The van der Waals surface area contributed by atoms with Gasteiger partial charge in [-0.1, -0.05) is 53.8 Å². The van der Waals surface area contributed by atoms with E-state index in [1.165, 1.54) is 22.7 Å². The van der Waals surface area contributed by atoms with Gasteiger partial charge in [0, 0.05) is 5.02 Å². The number of hydrogen-bond donors (Lipinski definition) is 1. The lowest BCUT2D eigenvalue weighted by atomic mass is 10.1. The van der Waals surface area contributed by atoms with Crippen molar-refractivity contribution < 1.29 is 14.7 Å². The van der Waals surface area contributed by atoms with Crippen LogP contribution in [0.3, 0.4) is 0 Å². The van der Waals surface area contributed by atoms with Crippen molar-refractivity contribution in [3.05, 3.63) is 69.1 Å². The van der Waals surface area contributed by atoms with Gasteiger partial charge in [-0.2, -0.15) is 0 Å². The molecule has 1 amide bonds. The average Bonchev–Trinajstić information content (AvgIpc) is 2.82. The molecule has 0 atom stereocenters. The second-order valence-corrected chi connectivity index (χ2v) is 7.49. The van der Waals surface area contributed by atoms with E-state index in [4.69, 9.17) is 23.8 Å². The van der Waals surface area contributed by atoms with Gasteiger partial charge in [0.15, 0.2) is 4.32 Å². The summed E-state index contributed by atoms with van der Waals surface area (Å²) >= 11 is 12.5. The monoisotopic (exact) mass is 389 g/mol. The zero-order valence-electron chi connectivity index (χ0n) is 13.0. The van der Waals surface area contributed by atoms with Crippen LogP contribution in [0.15, 0.2) is 47.4 Å². The maximum atomic E-state index is 12.7. The summed E-state index contributed by atoms with van der Waals surface area (Å²) in [6, 6.07) is 12.0. The highest BCUT2D eigenvalue weighted by Gasteiger charge is 2.33. The molecular weight excluding hydrogens is 378 g/mol. The fourth-order valence-corrected chi connectivity index (χ4v) is 3.92. The second kappa shape index (κ2) is 7.00. The first-order chi connectivity index (χ1) is 11.9. The number of anilines is 1.